The molecule has 1 heterocycles. The molecule has 1 aromatic heterocycles. The van der Waals surface area contributed by atoms with Gasteiger partial charge in [-0.2, -0.15) is 0 Å². The van der Waals surface area contributed by atoms with Gasteiger partial charge in [-0.1, -0.05) is 0 Å². The lowest BCUT2D eigenvalue weighted by molar-refractivity contribution is 0.102. The molecule has 0 aliphatic heterocycles. The van der Waals surface area contributed by atoms with E-state index in [0.29, 0.717) is 11.8 Å². The first-order chi connectivity index (χ1) is 10.2. The lowest BCUT2D eigenvalue weighted by Gasteiger charge is -2.22. The zero-order valence-electron chi connectivity index (χ0n) is 12.6. The number of aromatic nitrogens is 1. The predicted molar refractivity (Wildman–Crippen MR) is 81.9 cm³/mol. The van der Waals surface area contributed by atoms with Crippen LogP contribution >= 0.6 is 0 Å². The number of nitrogens with zero attached hydrogens (tertiary/aromatic N) is 1. The van der Waals surface area contributed by atoms with Crippen molar-refractivity contribution < 1.29 is 13.6 Å². The molecule has 0 aliphatic carbocycles. The van der Waals surface area contributed by atoms with E-state index < -0.39 is 17.5 Å². The van der Waals surface area contributed by atoms with E-state index >= 15 is 0 Å². The van der Waals surface area contributed by atoms with Gasteiger partial charge >= 0.3 is 0 Å². The van der Waals surface area contributed by atoms with E-state index in [9.17, 15) is 13.6 Å². The maximum atomic E-state index is 13.5. The van der Waals surface area contributed by atoms with Crippen LogP contribution in [0.4, 0.5) is 20.2 Å². The van der Waals surface area contributed by atoms with Gasteiger partial charge in [-0.25, -0.2) is 8.78 Å². The highest BCUT2D eigenvalue weighted by molar-refractivity contribution is 6.04. The maximum absolute atomic E-state index is 13.5. The zero-order valence-corrected chi connectivity index (χ0v) is 12.6. The number of carbonyl (C=O) groups is 1. The lowest BCUT2D eigenvalue weighted by Crippen LogP contribution is -2.26. The number of benzene rings is 1. The summed E-state index contributed by atoms with van der Waals surface area (Å²) in [6, 6.07) is 4.59. The van der Waals surface area contributed by atoms with Crippen molar-refractivity contribution in [1.29, 1.82) is 0 Å². The van der Waals surface area contributed by atoms with Crippen LogP contribution in [0.3, 0.4) is 0 Å². The average Bonchev–Trinajstić information content (AvgIpc) is 2.40. The predicted octanol–water partition coefficient (Wildman–Crippen LogP) is 3.82. The third-order valence-corrected chi connectivity index (χ3v) is 2.70. The van der Waals surface area contributed by atoms with Gasteiger partial charge in [-0.05, 0) is 39.0 Å². The van der Waals surface area contributed by atoms with Crippen molar-refractivity contribution in [3.63, 3.8) is 0 Å². The van der Waals surface area contributed by atoms with Gasteiger partial charge in [0, 0.05) is 24.0 Å². The second kappa shape index (κ2) is 6.09. The molecule has 0 bridgehead atoms. The number of pyridine rings is 1. The second-order valence-electron chi connectivity index (χ2n) is 5.92. The number of hydrogen-bond acceptors (Lipinski definition) is 3. The zero-order chi connectivity index (χ0) is 16.3. The highest BCUT2D eigenvalue weighted by Crippen LogP contribution is 2.18. The van der Waals surface area contributed by atoms with Crippen LogP contribution < -0.4 is 10.6 Å². The van der Waals surface area contributed by atoms with E-state index in [-0.39, 0.29) is 16.8 Å². The molecule has 2 aromatic rings. The van der Waals surface area contributed by atoms with Gasteiger partial charge in [0.25, 0.3) is 5.91 Å². The average molecular weight is 305 g/mol. The molecule has 1 aromatic carbocycles. The Morgan fingerprint density at radius 1 is 1.14 bits per heavy atom. The summed E-state index contributed by atoms with van der Waals surface area (Å²) in [5, 5.41) is 5.59. The standard InChI is InChI=1S/C16H17F2N3O/c1-16(2,3)21-12-6-10(8-19-9-12)15(22)20-14-5-4-11(17)7-13(14)18/h4-9,21H,1-3H3,(H,20,22). The van der Waals surface area contributed by atoms with Gasteiger partial charge in [0.1, 0.15) is 11.6 Å². The summed E-state index contributed by atoms with van der Waals surface area (Å²) in [6.07, 6.45) is 2.98. The number of hydrogen-bond donors (Lipinski definition) is 2. The lowest BCUT2D eigenvalue weighted by atomic mass is 10.1. The molecule has 0 saturated heterocycles. The fourth-order valence-electron chi connectivity index (χ4n) is 1.85. The fourth-order valence-corrected chi connectivity index (χ4v) is 1.85. The van der Waals surface area contributed by atoms with Crippen LogP contribution in [0.2, 0.25) is 0 Å². The molecule has 0 atom stereocenters. The summed E-state index contributed by atoms with van der Waals surface area (Å²) >= 11 is 0. The number of rotatable bonds is 3. The normalized spacial score (nSPS) is 11.1. The van der Waals surface area contributed by atoms with Gasteiger partial charge in [0.15, 0.2) is 0 Å². The van der Waals surface area contributed by atoms with E-state index in [1.165, 1.54) is 12.3 Å². The van der Waals surface area contributed by atoms with Crippen LogP contribution in [-0.4, -0.2) is 16.4 Å². The van der Waals surface area contributed by atoms with Gasteiger partial charge in [-0.15, -0.1) is 0 Å². The number of amides is 1. The highest BCUT2D eigenvalue weighted by atomic mass is 19.1. The van der Waals surface area contributed by atoms with E-state index in [2.05, 4.69) is 15.6 Å². The number of nitrogens with one attached hydrogen (secondary N) is 2. The minimum absolute atomic E-state index is 0.0828. The molecule has 0 fully saturated rings. The first kappa shape index (κ1) is 15.9. The Hall–Kier alpha value is -2.50. The summed E-state index contributed by atoms with van der Waals surface area (Å²) in [7, 11) is 0. The van der Waals surface area contributed by atoms with Gasteiger partial charge in [0.05, 0.1) is 16.9 Å². The molecule has 0 radical (unpaired) electrons. The third-order valence-electron chi connectivity index (χ3n) is 2.70. The van der Waals surface area contributed by atoms with Gasteiger partial charge in [-0.3, -0.25) is 9.78 Å². The quantitative estimate of drug-likeness (QED) is 0.906. The van der Waals surface area contributed by atoms with Gasteiger partial charge in [0.2, 0.25) is 0 Å². The van der Waals surface area contributed by atoms with Crippen molar-refractivity contribution in [2.75, 3.05) is 10.6 Å². The molecule has 4 nitrogen and oxygen atoms in total. The Labute approximate surface area is 127 Å². The smallest absolute Gasteiger partial charge is 0.257 e. The maximum Gasteiger partial charge on any atom is 0.257 e. The minimum Gasteiger partial charge on any atom is -0.379 e. The Morgan fingerprint density at radius 3 is 2.50 bits per heavy atom. The second-order valence-corrected chi connectivity index (χ2v) is 5.92. The molecule has 22 heavy (non-hydrogen) atoms. The first-order valence-electron chi connectivity index (χ1n) is 6.74. The van der Waals surface area contributed by atoms with Crippen molar-refractivity contribution in [2.24, 2.45) is 0 Å². The summed E-state index contributed by atoms with van der Waals surface area (Å²) in [5.74, 6) is -2.05. The van der Waals surface area contributed by atoms with Crippen LogP contribution in [0, 0.1) is 11.6 Å². The summed E-state index contributed by atoms with van der Waals surface area (Å²) in [6.45, 7) is 5.94. The van der Waals surface area contributed by atoms with Gasteiger partial charge < -0.3 is 10.6 Å². The monoisotopic (exact) mass is 305 g/mol. The van der Waals surface area contributed by atoms with Crippen molar-refractivity contribution in [3.05, 3.63) is 53.9 Å². The topological polar surface area (TPSA) is 54.0 Å². The summed E-state index contributed by atoms with van der Waals surface area (Å²) in [4.78, 5) is 16.1. The van der Waals surface area contributed by atoms with Crippen molar-refractivity contribution in [1.82, 2.24) is 4.98 Å². The molecule has 0 spiro atoms. The van der Waals surface area contributed by atoms with E-state index in [1.807, 2.05) is 20.8 Å². The Morgan fingerprint density at radius 2 is 1.86 bits per heavy atom. The molecule has 1 amide bonds. The first-order valence-corrected chi connectivity index (χ1v) is 6.74. The minimum atomic E-state index is -0.828. The van der Waals surface area contributed by atoms with Crippen LogP contribution in [0.15, 0.2) is 36.7 Å². The van der Waals surface area contributed by atoms with Crippen LogP contribution in [0.25, 0.3) is 0 Å². The van der Waals surface area contributed by atoms with Crippen molar-refractivity contribution in [3.8, 4) is 0 Å². The summed E-state index contributed by atoms with van der Waals surface area (Å²) in [5.41, 5.74) is 0.693. The molecule has 6 heteroatoms. The molecular weight excluding hydrogens is 288 g/mol. The van der Waals surface area contributed by atoms with Crippen LogP contribution in [0.1, 0.15) is 31.1 Å². The molecule has 2 N–H and O–H groups in total. The van der Waals surface area contributed by atoms with E-state index in [4.69, 9.17) is 0 Å². The van der Waals surface area contributed by atoms with Crippen LogP contribution in [-0.2, 0) is 0 Å². The Kier molecular flexibility index (Phi) is 4.40. The number of halogens is 2. The Bertz CT molecular complexity index is 696. The van der Waals surface area contributed by atoms with Crippen LogP contribution in [0.5, 0.6) is 0 Å². The SMILES string of the molecule is CC(C)(C)Nc1cncc(C(=O)Nc2ccc(F)cc2F)c1. The molecule has 0 aliphatic rings. The largest absolute Gasteiger partial charge is 0.379 e. The summed E-state index contributed by atoms with van der Waals surface area (Å²) < 4.78 is 26.4. The molecule has 0 unspecified atom stereocenters. The van der Waals surface area contributed by atoms with Crippen molar-refractivity contribution in [2.45, 2.75) is 26.3 Å². The highest BCUT2D eigenvalue weighted by Gasteiger charge is 2.13. The molecule has 2 rings (SSSR count). The molecule has 116 valence electrons. The third kappa shape index (κ3) is 4.25. The Balaban J connectivity index is 2.17. The van der Waals surface area contributed by atoms with Crippen molar-refractivity contribution >= 4 is 17.3 Å². The number of anilines is 2. The molecular formula is C16H17F2N3O. The van der Waals surface area contributed by atoms with E-state index in [0.717, 1.165) is 6.07 Å². The number of carbonyl (C=O) groups excluding carboxylic acids is 1. The van der Waals surface area contributed by atoms with E-state index in [1.54, 1.807) is 12.3 Å². The molecule has 0 saturated carbocycles. The fraction of sp³-hybridized carbons (Fsp3) is 0.250.